The predicted molar refractivity (Wildman–Crippen MR) is 117 cm³/mol. The van der Waals surface area contributed by atoms with Crippen LogP contribution in [0.1, 0.15) is 11.1 Å². The molecule has 0 spiro atoms. The molecule has 0 aliphatic carbocycles. The summed E-state index contributed by atoms with van der Waals surface area (Å²) < 4.78 is 3.62. The molecule has 0 fully saturated rings. The highest BCUT2D eigenvalue weighted by Gasteiger charge is 2.17. The molecule has 0 radical (unpaired) electrons. The van der Waals surface area contributed by atoms with Crippen LogP contribution < -0.4 is 5.56 Å². The topological polar surface area (TPSA) is 52.2 Å². The third kappa shape index (κ3) is 3.11. The number of rotatable bonds is 4. The first-order valence-corrected chi connectivity index (χ1v) is 10.3. The molecule has 0 bridgehead atoms. The number of benzene rings is 3. The molecule has 0 aliphatic heterocycles. The molecular weight excluding hydrogens is 380 g/mol. The predicted octanol–water partition coefficient (Wildman–Crippen LogP) is 4.63. The van der Waals surface area contributed by atoms with Crippen molar-refractivity contribution in [2.45, 2.75) is 17.8 Å². The standard InChI is InChI=1S/C23H18N4OS/c1-16-11-13-18(14-12-16)26-21(28)19-9-5-6-10-20(19)27-22(26)24-25-23(27)29-15-17-7-3-2-4-8-17/h2-14H,15H2,1H3. The van der Waals surface area contributed by atoms with Crippen LogP contribution in [-0.2, 0) is 5.75 Å². The van der Waals surface area contributed by atoms with Crippen molar-refractivity contribution in [3.63, 3.8) is 0 Å². The second kappa shape index (κ2) is 7.22. The Balaban J connectivity index is 1.73. The lowest BCUT2D eigenvalue weighted by Crippen LogP contribution is -2.21. The number of nitrogens with zero attached hydrogens (tertiary/aromatic N) is 4. The van der Waals surface area contributed by atoms with Crippen molar-refractivity contribution in [2.75, 3.05) is 0 Å². The molecule has 6 heteroatoms. The Kier molecular flexibility index (Phi) is 4.41. The Labute approximate surface area is 171 Å². The van der Waals surface area contributed by atoms with E-state index in [1.807, 2.05) is 78.1 Å². The average molecular weight is 398 g/mol. The van der Waals surface area contributed by atoms with E-state index in [0.717, 1.165) is 27.7 Å². The summed E-state index contributed by atoms with van der Waals surface area (Å²) in [6, 6.07) is 25.7. The van der Waals surface area contributed by atoms with Gasteiger partial charge in [-0.15, -0.1) is 10.2 Å². The first kappa shape index (κ1) is 17.7. The van der Waals surface area contributed by atoms with Gasteiger partial charge in [-0.05, 0) is 36.8 Å². The Bertz CT molecular complexity index is 1370. The summed E-state index contributed by atoms with van der Waals surface area (Å²) in [4.78, 5) is 13.3. The van der Waals surface area contributed by atoms with E-state index in [-0.39, 0.29) is 5.56 Å². The van der Waals surface area contributed by atoms with Gasteiger partial charge < -0.3 is 0 Å². The van der Waals surface area contributed by atoms with Gasteiger partial charge in [0, 0.05) is 5.75 Å². The molecule has 5 aromatic rings. The van der Waals surface area contributed by atoms with Crippen LogP contribution in [0.25, 0.3) is 22.4 Å². The lowest BCUT2D eigenvalue weighted by molar-refractivity contribution is 0.930. The van der Waals surface area contributed by atoms with Crippen molar-refractivity contribution < 1.29 is 0 Å². The minimum Gasteiger partial charge on any atom is -0.268 e. The fourth-order valence-electron chi connectivity index (χ4n) is 3.42. The van der Waals surface area contributed by atoms with E-state index in [0.29, 0.717) is 11.2 Å². The summed E-state index contributed by atoms with van der Waals surface area (Å²) in [5.41, 5.74) is 3.85. The van der Waals surface area contributed by atoms with Gasteiger partial charge in [-0.1, -0.05) is 71.9 Å². The molecule has 0 aliphatic rings. The number of aryl methyl sites for hydroxylation is 1. The smallest absolute Gasteiger partial charge is 0.267 e. The number of hydrogen-bond donors (Lipinski definition) is 0. The molecule has 0 N–H and O–H groups in total. The number of fused-ring (bicyclic) bond motifs is 3. The number of aromatic nitrogens is 4. The van der Waals surface area contributed by atoms with Gasteiger partial charge in [0.15, 0.2) is 5.16 Å². The SMILES string of the molecule is Cc1ccc(-n2c(=O)c3ccccc3n3c(SCc4ccccc4)nnc23)cc1. The van der Waals surface area contributed by atoms with Crippen LogP contribution in [0, 0.1) is 6.92 Å². The van der Waals surface area contributed by atoms with Crippen LogP contribution in [0.2, 0.25) is 0 Å². The Morgan fingerprint density at radius 1 is 0.862 bits per heavy atom. The maximum absolute atomic E-state index is 13.3. The van der Waals surface area contributed by atoms with Crippen molar-refractivity contribution in [3.05, 3.63) is 100 Å². The van der Waals surface area contributed by atoms with Crippen LogP contribution in [0.3, 0.4) is 0 Å². The average Bonchev–Trinajstić information content (AvgIpc) is 3.18. The molecule has 0 atom stereocenters. The first-order chi connectivity index (χ1) is 14.2. The molecule has 0 unspecified atom stereocenters. The molecule has 5 nitrogen and oxygen atoms in total. The molecule has 5 rings (SSSR count). The normalized spacial score (nSPS) is 11.3. The van der Waals surface area contributed by atoms with E-state index in [1.54, 1.807) is 16.3 Å². The number of thioether (sulfide) groups is 1. The number of para-hydroxylation sites is 1. The van der Waals surface area contributed by atoms with Gasteiger partial charge in [-0.3, -0.25) is 9.20 Å². The fraction of sp³-hybridized carbons (Fsp3) is 0.0870. The van der Waals surface area contributed by atoms with Crippen molar-refractivity contribution in [3.8, 4) is 5.69 Å². The lowest BCUT2D eigenvalue weighted by atomic mass is 10.2. The zero-order valence-electron chi connectivity index (χ0n) is 15.8. The molecule has 0 saturated heterocycles. The second-order valence-electron chi connectivity index (χ2n) is 6.89. The summed E-state index contributed by atoms with van der Waals surface area (Å²) in [5, 5.41) is 10.2. The van der Waals surface area contributed by atoms with Gasteiger partial charge in [0.2, 0.25) is 5.78 Å². The third-order valence-electron chi connectivity index (χ3n) is 4.90. The highest BCUT2D eigenvalue weighted by atomic mass is 32.2. The van der Waals surface area contributed by atoms with E-state index in [1.165, 1.54) is 5.56 Å². The zero-order chi connectivity index (χ0) is 19.8. The maximum atomic E-state index is 13.3. The zero-order valence-corrected chi connectivity index (χ0v) is 16.6. The minimum absolute atomic E-state index is 0.0936. The van der Waals surface area contributed by atoms with E-state index in [2.05, 4.69) is 22.3 Å². The highest BCUT2D eigenvalue weighted by Crippen LogP contribution is 2.25. The van der Waals surface area contributed by atoms with Crippen LogP contribution in [0.15, 0.2) is 88.8 Å². The summed E-state index contributed by atoms with van der Waals surface area (Å²) in [6.07, 6.45) is 0. The Morgan fingerprint density at radius 2 is 1.59 bits per heavy atom. The summed E-state index contributed by atoms with van der Waals surface area (Å²) >= 11 is 1.61. The van der Waals surface area contributed by atoms with Crippen LogP contribution in [0.5, 0.6) is 0 Å². The highest BCUT2D eigenvalue weighted by molar-refractivity contribution is 7.98. The summed E-state index contributed by atoms with van der Waals surface area (Å²) in [7, 11) is 0. The molecule has 3 aromatic carbocycles. The van der Waals surface area contributed by atoms with E-state index in [4.69, 9.17) is 0 Å². The molecule has 2 aromatic heterocycles. The Hall–Kier alpha value is -3.38. The van der Waals surface area contributed by atoms with Crippen molar-refractivity contribution in [2.24, 2.45) is 0 Å². The summed E-state index contributed by atoms with van der Waals surface area (Å²) in [5.74, 6) is 1.30. The number of hydrogen-bond acceptors (Lipinski definition) is 4. The molecule has 29 heavy (non-hydrogen) atoms. The van der Waals surface area contributed by atoms with Crippen LogP contribution >= 0.6 is 11.8 Å². The van der Waals surface area contributed by atoms with Gasteiger partial charge in [-0.2, -0.15) is 0 Å². The first-order valence-electron chi connectivity index (χ1n) is 9.35. The van der Waals surface area contributed by atoms with Gasteiger partial charge in [0.25, 0.3) is 5.56 Å². The molecule has 142 valence electrons. The Morgan fingerprint density at radius 3 is 2.38 bits per heavy atom. The van der Waals surface area contributed by atoms with Gasteiger partial charge in [-0.25, -0.2) is 4.57 Å². The quantitative estimate of drug-likeness (QED) is 0.414. The van der Waals surface area contributed by atoms with Crippen molar-refractivity contribution in [1.82, 2.24) is 19.2 Å². The molecular formula is C23H18N4OS. The third-order valence-corrected chi connectivity index (χ3v) is 5.90. The van der Waals surface area contributed by atoms with Crippen molar-refractivity contribution in [1.29, 1.82) is 0 Å². The van der Waals surface area contributed by atoms with E-state index < -0.39 is 0 Å². The van der Waals surface area contributed by atoms with E-state index in [9.17, 15) is 4.79 Å². The monoisotopic (exact) mass is 398 g/mol. The maximum Gasteiger partial charge on any atom is 0.267 e. The minimum atomic E-state index is -0.0936. The van der Waals surface area contributed by atoms with E-state index >= 15 is 0 Å². The lowest BCUT2D eigenvalue weighted by Gasteiger charge is -2.11. The fourth-order valence-corrected chi connectivity index (χ4v) is 4.32. The van der Waals surface area contributed by atoms with Crippen LogP contribution in [-0.4, -0.2) is 19.2 Å². The molecule has 0 amide bonds. The van der Waals surface area contributed by atoms with Crippen molar-refractivity contribution >= 4 is 28.4 Å². The molecule has 2 heterocycles. The summed E-state index contributed by atoms with van der Waals surface area (Å²) in [6.45, 7) is 2.03. The van der Waals surface area contributed by atoms with Crippen LogP contribution in [0.4, 0.5) is 0 Å². The van der Waals surface area contributed by atoms with Gasteiger partial charge in [0.1, 0.15) is 0 Å². The largest absolute Gasteiger partial charge is 0.268 e. The van der Waals surface area contributed by atoms with Gasteiger partial charge in [0.05, 0.1) is 16.6 Å². The van der Waals surface area contributed by atoms with Gasteiger partial charge >= 0.3 is 0 Å². The second-order valence-corrected chi connectivity index (χ2v) is 7.83. The molecule has 0 saturated carbocycles.